The molecule has 5 heteroatoms. The Hall–Kier alpha value is -0.810. The fourth-order valence-corrected chi connectivity index (χ4v) is 1.51. The van der Waals surface area contributed by atoms with Crippen molar-refractivity contribution in [1.82, 2.24) is 5.32 Å². The molecule has 0 radical (unpaired) electrons. The summed E-state index contributed by atoms with van der Waals surface area (Å²) in [4.78, 5) is 0. The first-order valence-corrected chi connectivity index (χ1v) is 7.09. The van der Waals surface area contributed by atoms with Crippen molar-refractivity contribution < 1.29 is 12.8 Å². The van der Waals surface area contributed by atoms with E-state index in [0.29, 0.717) is 6.54 Å². The molecule has 1 aromatic heterocycles. The number of rotatable bonds is 5. The third kappa shape index (κ3) is 3.09. The van der Waals surface area contributed by atoms with Gasteiger partial charge in [-0.05, 0) is 32.9 Å². The minimum atomic E-state index is -3.06. The fraction of sp³-hybridized carbons (Fsp3) is 0.636. The van der Waals surface area contributed by atoms with E-state index >= 15 is 0 Å². The SMILES string of the molecule is CC(NCC(C)(C)S(C)(=O)=O)c1ccco1. The summed E-state index contributed by atoms with van der Waals surface area (Å²) in [5.41, 5.74) is 0. The third-order valence-electron chi connectivity index (χ3n) is 2.81. The topological polar surface area (TPSA) is 59.3 Å². The second-order valence-corrected chi connectivity index (χ2v) is 7.30. The molecule has 4 nitrogen and oxygen atoms in total. The summed E-state index contributed by atoms with van der Waals surface area (Å²) in [5.74, 6) is 0.810. The molecule has 16 heavy (non-hydrogen) atoms. The van der Waals surface area contributed by atoms with Gasteiger partial charge in [-0.25, -0.2) is 8.42 Å². The van der Waals surface area contributed by atoms with Crippen LogP contribution in [-0.2, 0) is 9.84 Å². The minimum Gasteiger partial charge on any atom is -0.468 e. The van der Waals surface area contributed by atoms with Gasteiger partial charge in [0, 0.05) is 12.8 Å². The highest BCUT2D eigenvalue weighted by atomic mass is 32.2. The standard InChI is InChI=1S/C11H19NO3S/c1-9(10-6-5-7-15-10)12-8-11(2,3)16(4,13)14/h5-7,9,12H,8H2,1-4H3. The van der Waals surface area contributed by atoms with E-state index in [2.05, 4.69) is 5.32 Å². The first-order valence-electron chi connectivity index (χ1n) is 5.20. The first-order chi connectivity index (χ1) is 7.24. The molecule has 0 aliphatic heterocycles. The molecule has 1 aromatic rings. The number of sulfone groups is 1. The van der Waals surface area contributed by atoms with E-state index in [1.165, 1.54) is 6.26 Å². The third-order valence-corrected chi connectivity index (χ3v) is 4.96. The van der Waals surface area contributed by atoms with Gasteiger partial charge in [-0.15, -0.1) is 0 Å². The van der Waals surface area contributed by atoms with Crippen molar-refractivity contribution in [3.05, 3.63) is 24.2 Å². The van der Waals surface area contributed by atoms with Crippen LogP contribution < -0.4 is 5.32 Å². The molecule has 1 unspecified atom stereocenters. The Kier molecular flexibility index (Phi) is 3.80. The van der Waals surface area contributed by atoms with Crippen molar-refractivity contribution >= 4 is 9.84 Å². The van der Waals surface area contributed by atoms with Crippen molar-refractivity contribution in [1.29, 1.82) is 0 Å². The quantitative estimate of drug-likeness (QED) is 0.858. The summed E-state index contributed by atoms with van der Waals surface area (Å²) in [7, 11) is -3.06. The fourth-order valence-electron chi connectivity index (χ4n) is 1.17. The molecule has 1 N–H and O–H groups in total. The van der Waals surface area contributed by atoms with Gasteiger partial charge in [-0.1, -0.05) is 0 Å². The van der Waals surface area contributed by atoms with Gasteiger partial charge in [0.25, 0.3) is 0 Å². The Morgan fingerprint density at radius 2 is 2.12 bits per heavy atom. The summed E-state index contributed by atoms with van der Waals surface area (Å²) in [5, 5.41) is 3.16. The number of furan rings is 1. The molecule has 0 spiro atoms. The van der Waals surface area contributed by atoms with Crippen LogP contribution in [0.25, 0.3) is 0 Å². The van der Waals surface area contributed by atoms with Gasteiger partial charge >= 0.3 is 0 Å². The minimum absolute atomic E-state index is 0.0102. The average molecular weight is 245 g/mol. The normalized spacial score (nSPS) is 15.0. The van der Waals surface area contributed by atoms with E-state index in [1.54, 1.807) is 20.1 Å². The molecule has 1 atom stereocenters. The maximum Gasteiger partial charge on any atom is 0.153 e. The van der Waals surface area contributed by atoms with Gasteiger partial charge < -0.3 is 9.73 Å². The van der Waals surface area contributed by atoms with Crippen LogP contribution in [0, 0.1) is 0 Å². The lowest BCUT2D eigenvalue weighted by molar-refractivity contribution is 0.414. The molecular formula is C11H19NO3S. The largest absolute Gasteiger partial charge is 0.468 e. The molecule has 0 aliphatic rings. The van der Waals surface area contributed by atoms with E-state index in [1.807, 2.05) is 19.1 Å². The lowest BCUT2D eigenvalue weighted by Crippen LogP contribution is -2.42. The number of hydrogen-bond donors (Lipinski definition) is 1. The van der Waals surface area contributed by atoms with Gasteiger partial charge in [0.1, 0.15) is 5.76 Å². The number of nitrogens with one attached hydrogen (secondary N) is 1. The van der Waals surface area contributed by atoms with Crippen molar-refractivity contribution in [3.8, 4) is 0 Å². The molecule has 0 bridgehead atoms. The molecule has 1 heterocycles. The van der Waals surface area contributed by atoms with E-state index in [9.17, 15) is 8.42 Å². The second kappa shape index (κ2) is 4.59. The lowest BCUT2D eigenvalue weighted by Gasteiger charge is -2.24. The monoisotopic (exact) mass is 245 g/mol. The summed E-state index contributed by atoms with van der Waals surface area (Å²) >= 11 is 0. The maximum atomic E-state index is 11.5. The number of hydrogen-bond acceptors (Lipinski definition) is 4. The Bertz CT molecular complexity index is 420. The van der Waals surface area contributed by atoms with E-state index in [0.717, 1.165) is 5.76 Å². The van der Waals surface area contributed by atoms with Crippen LogP contribution in [0.4, 0.5) is 0 Å². The molecule has 0 amide bonds. The van der Waals surface area contributed by atoms with Crippen LogP contribution in [-0.4, -0.2) is 26.0 Å². The van der Waals surface area contributed by atoms with Gasteiger partial charge in [0.2, 0.25) is 0 Å². The molecule has 0 saturated carbocycles. The predicted octanol–water partition coefficient (Wildman–Crippen LogP) is 1.75. The zero-order valence-corrected chi connectivity index (χ0v) is 11.0. The molecular weight excluding hydrogens is 226 g/mol. The van der Waals surface area contributed by atoms with Gasteiger partial charge in [0.05, 0.1) is 17.1 Å². The van der Waals surface area contributed by atoms with Crippen molar-refractivity contribution in [3.63, 3.8) is 0 Å². The highest BCUT2D eigenvalue weighted by Crippen LogP contribution is 2.17. The highest BCUT2D eigenvalue weighted by molar-refractivity contribution is 7.92. The van der Waals surface area contributed by atoms with Crippen LogP contribution >= 0.6 is 0 Å². The van der Waals surface area contributed by atoms with Crippen LogP contribution in [0.1, 0.15) is 32.6 Å². The van der Waals surface area contributed by atoms with Crippen molar-refractivity contribution in [2.24, 2.45) is 0 Å². The Morgan fingerprint density at radius 3 is 2.56 bits per heavy atom. The summed E-state index contributed by atoms with van der Waals surface area (Å²) in [6, 6.07) is 3.69. The van der Waals surface area contributed by atoms with Gasteiger partial charge in [-0.3, -0.25) is 0 Å². The molecule has 0 aliphatic carbocycles. The van der Waals surface area contributed by atoms with Crippen LogP contribution in [0.5, 0.6) is 0 Å². The van der Waals surface area contributed by atoms with E-state index < -0.39 is 14.6 Å². The summed E-state index contributed by atoms with van der Waals surface area (Å²) < 4.78 is 27.4. The highest BCUT2D eigenvalue weighted by Gasteiger charge is 2.30. The molecule has 0 fully saturated rings. The second-order valence-electron chi connectivity index (χ2n) is 4.65. The van der Waals surface area contributed by atoms with Crippen molar-refractivity contribution in [2.75, 3.05) is 12.8 Å². The molecule has 92 valence electrons. The van der Waals surface area contributed by atoms with Gasteiger partial charge in [-0.2, -0.15) is 0 Å². The zero-order chi connectivity index (χ0) is 12.4. The Balaban J connectivity index is 2.59. The Labute approximate surface area is 97.0 Å². The molecule has 0 aromatic carbocycles. The average Bonchev–Trinajstić information content (AvgIpc) is 2.65. The van der Waals surface area contributed by atoms with Crippen molar-refractivity contribution in [2.45, 2.75) is 31.6 Å². The van der Waals surface area contributed by atoms with E-state index in [4.69, 9.17) is 4.42 Å². The molecule has 1 rings (SSSR count). The first kappa shape index (κ1) is 13.3. The molecule has 0 saturated heterocycles. The summed E-state index contributed by atoms with van der Waals surface area (Å²) in [6.07, 6.45) is 2.86. The lowest BCUT2D eigenvalue weighted by atomic mass is 10.2. The van der Waals surface area contributed by atoms with Crippen LogP contribution in [0.2, 0.25) is 0 Å². The summed E-state index contributed by atoms with van der Waals surface area (Å²) in [6.45, 7) is 5.76. The van der Waals surface area contributed by atoms with E-state index in [-0.39, 0.29) is 6.04 Å². The smallest absolute Gasteiger partial charge is 0.153 e. The zero-order valence-electron chi connectivity index (χ0n) is 10.1. The van der Waals surface area contributed by atoms with Gasteiger partial charge in [0.15, 0.2) is 9.84 Å². The van der Waals surface area contributed by atoms with Crippen LogP contribution in [0.3, 0.4) is 0 Å². The Morgan fingerprint density at radius 1 is 1.50 bits per heavy atom. The van der Waals surface area contributed by atoms with Crippen LogP contribution in [0.15, 0.2) is 22.8 Å². The predicted molar refractivity (Wildman–Crippen MR) is 64.0 cm³/mol. The maximum absolute atomic E-state index is 11.5.